The SMILES string of the molecule is Clc1ccc(-c2nc(C3(CN[C@H]4CC4c4ccccc4)CC3)no2)cc1. The fraction of sp³-hybridized carbons (Fsp3) is 0.333. The number of aromatic nitrogens is 2. The summed E-state index contributed by atoms with van der Waals surface area (Å²) in [6, 6.07) is 18.8. The van der Waals surface area contributed by atoms with E-state index in [1.807, 2.05) is 24.3 Å². The van der Waals surface area contributed by atoms with Gasteiger partial charge in [-0.05, 0) is 49.1 Å². The zero-order chi connectivity index (χ0) is 17.6. The summed E-state index contributed by atoms with van der Waals surface area (Å²) in [6.45, 7) is 0.917. The number of hydrogen-bond donors (Lipinski definition) is 1. The summed E-state index contributed by atoms with van der Waals surface area (Å²) in [5, 5.41) is 8.69. The number of hydrogen-bond acceptors (Lipinski definition) is 4. The van der Waals surface area contributed by atoms with Crippen molar-refractivity contribution >= 4 is 11.6 Å². The van der Waals surface area contributed by atoms with Gasteiger partial charge >= 0.3 is 0 Å². The third-order valence-corrected chi connectivity index (χ3v) is 5.82. The lowest BCUT2D eigenvalue weighted by Gasteiger charge is -2.12. The molecule has 5 rings (SSSR count). The van der Waals surface area contributed by atoms with Gasteiger partial charge in [-0.25, -0.2) is 0 Å². The minimum Gasteiger partial charge on any atom is -0.334 e. The Bertz CT molecular complexity index is 903. The normalized spacial score (nSPS) is 23.0. The van der Waals surface area contributed by atoms with Crippen molar-refractivity contribution in [3.8, 4) is 11.5 Å². The molecule has 5 heteroatoms. The molecule has 0 radical (unpaired) electrons. The molecule has 0 bridgehead atoms. The van der Waals surface area contributed by atoms with E-state index in [2.05, 4.69) is 45.8 Å². The van der Waals surface area contributed by atoms with Gasteiger partial charge in [-0.3, -0.25) is 0 Å². The molecule has 1 aromatic heterocycles. The van der Waals surface area contributed by atoms with Crippen LogP contribution in [0.25, 0.3) is 11.5 Å². The molecule has 1 heterocycles. The second kappa shape index (κ2) is 6.22. The molecule has 3 aromatic rings. The average Bonchev–Trinajstić information content (AvgIpc) is 3.59. The molecule has 2 fully saturated rings. The molecular formula is C21H20ClN3O. The van der Waals surface area contributed by atoms with E-state index in [0.29, 0.717) is 22.9 Å². The summed E-state index contributed by atoms with van der Waals surface area (Å²) < 4.78 is 5.50. The summed E-state index contributed by atoms with van der Waals surface area (Å²) in [4.78, 5) is 4.66. The van der Waals surface area contributed by atoms with E-state index in [1.54, 1.807) is 0 Å². The number of nitrogens with zero attached hydrogens (tertiary/aromatic N) is 2. The van der Waals surface area contributed by atoms with E-state index in [4.69, 9.17) is 16.1 Å². The van der Waals surface area contributed by atoms with Crippen molar-refractivity contribution in [1.82, 2.24) is 15.5 Å². The van der Waals surface area contributed by atoms with Crippen LogP contribution >= 0.6 is 11.6 Å². The highest BCUT2D eigenvalue weighted by Crippen LogP contribution is 2.48. The van der Waals surface area contributed by atoms with Crippen molar-refractivity contribution in [2.45, 2.75) is 36.6 Å². The van der Waals surface area contributed by atoms with E-state index in [0.717, 1.165) is 30.8 Å². The van der Waals surface area contributed by atoms with Crippen LogP contribution in [0.4, 0.5) is 0 Å². The molecule has 0 saturated heterocycles. The van der Waals surface area contributed by atoms with Crippen molar-refractivity contribution < 1.29 is 4.52 Å². The standard InChI is InChI=1S/C21H20ClN3O/c22-16-8-6-15(7-9-16)19-24-20(25-26-19)21(10-11-21)13-23-18-12-17(18)14-4-2-1-3-5-14/h1-9,17-18,23H,10-13H2/t17?,18-/m0/s1. The molecule has 0 aliphatic heterocycles. The van der Waals surface area contributed by atoms with Crippen LogP contribution < -0.4 is 5.32 Å². The summed E-state index contributed by atoms with van der Waals surface area (Å²) in [6.07, 6.45) is 3.44. The Kier molecular flexibility index (Phi) is 3.84. The molecule has 2 aliphatic rings. The minimum absolute atomic E-state index is 0.0397. The van der Waals surface area contributed by atoms with Crippen molar-refractivity contribution in [2.75, 3.05) is 6.54 Å². The average molecular weight is 366 g/mol. The van der Waals surface area contributed by atoms with Crippen LogP contribution in [-0.4, -0.2) is 22.7 Å². The van der Waals surface area contributed by atoms with Crippen LogP contribution in [0, 0.1) is 0 Å². The second-order valence-corrected chi connectivity index (χ2v) is 7.89. The number of nitrogens with one attached hydrogen (secondary N) is 1. The molecule has 1 unspecified atom stereocenters. The van der Waals surface area contributed by atoms with Gasteiger partial charge in [-0.1, -0.05) is 47.1 Å². The molecule has 0 spiro atoms. The largest absolute Gasteiger partial charge is 0.334 e. The van der Waals surface area contributed by atoms with Gasteiger partial charge in [0.15, 0.2) is 5.82 Å². The van der Waals surface area contributed by atoms with Gasteiger partial charge in [0.2, 0.25) is 0 Å². The van der Waals surface area contributed by atoms with E-state index in [9.17, 15) is 0 Å². The van der Waals surface area contributed by atoms with Crippen molar-refractivity contribution in [3.05, 3.63) is 71.0 Å². The maximum absolute atomic E-state index is 5.94. The van der Waals surface area contributed by atoms with E-state index in [-0.39, 0.29) is 5.41 Å². The van der Waals surface area contributed by atoms with Gasteiger partial charge in [0.1, 0.15) is 0 Å². The fourth-order valence-electron chi connectivity index (χ4n) is 3.59. The fourth-order valence-corrected chi connectivity index (χ4v) is 3.72. The molecular weight excluding hydrogens is 346 g/mol. The molecule has 2 aliphatic carbocycles. The summed E-state index contributed by atoms with van der Waals surface area (Å²) in [5.74, 6) is 2.03. The highest BCUT2D eigenvalue weighted by Gasteiger charge is 2.50. The lowest BCUT2D eigenvalue weighted by atomic mass is 10.1. The molecule has 0 amide bonds. The second-order valence-electron chi connectivity index (χ2n) is 7.45. The smallest absolute Gasteiger partial charge is 0.257 e. The highest BCUT2D eigenvalue weighted by molar-refractivity contribution is 6.30. The molecule has 2 atom stereocenters. The quantitative estimate of drug-likeness (QED) is 0.695. The number of rotatable bonds is 6. The Hall–Kier alpha value is -2.17. The van der Waals surface area contributed by atoms with Gasteiger partial charge in [-0.2, -0.15) is 4.98 Å². The predicted octanol–water partition coefficient (Wildman–Crippen LogP) is 4.57. The third kappa shape index (κ3) is 3.04. The zero-order valence-corrected chi connectivity index (χ0v) is 15.1. The maximum atomic E-state index is 5.94. The molecule has 4 nitrogen and oxygen atoms in total. The first-order valence-electron chi connectivity index (χ1n) is 9.12. The van der Waals surface area contributed by atoms with Crippen LogP contribution in [0.1, 0.15) is 36.6 Å². The van der Waals surface area contributed by atoms with Crippen LogP contribution in [-0.2, 0) is 5.41 Å². The van der Waals surface area contributed by atoms with Gasteiger partial charge in [0.05, 0.1) is 0 Å². The van der Waals surface area contributed by atoms with Gasteiger partial charge in [-0.15, -0.1) is 0 Å². The molecule has 26 heavy (non-hydrogen) atoms. The molecule has 2 aromatic carbocycles. The van der Waals surface area contributed by atoms with Crippen molar-refractivity contribution in [1.29, 1.82) is 0 Å². The first-order chi connectivity index (χ1) is 12.7. The molecule has 2 saturated carbocycles. The van der Waals surface area contributed by atoms with Crippen LogP contribution in [0.3, 0.4) is 0 Å². The van der Waals surface area contributed by atoms with Gasteiger partial charge in [0.25, 0.3) is 5.89 Å². The van der Waals surface area contributed by atoms with Crippen molar-refractivity contribution in [2.24, 2.45) is 0 Å². The van der Waals surface area contributed by atoms with Gasteiger partial charge in [0, 0.05) is 34.5 Å². The maximum Gasteiger partial charge on any atom is 0.257 e. The van der Waals surface area contributed by atoms with Crippen molar-refractivity contribution in [3.63, 3.8) is 0 Å². The van der Waals surface area contributed by atoms with Crippen LogP contribution in [0.2, 0.25) is 5.02 Å². The summed E-state index contributed by atoms with van der Waals surface area (Å²) in [5.41, 5.74) is 2.38. The van der Waals surface area contributed by atoms with Crippen LogP contribution in [0.15, 0.2) is 59.1 Å². The Balaban J connectivity index is 1.24. The van der Waals surface area contributed by atoms with Gasteiger partial charge < -0.3 is 9.84 Å². The molecule has 1 N–H and O–H groups in total. The zero-order valence-electron chi connectivity index (χ0n) is 14.4. The summed E-state index contributed by atoms with van der Waals surface area (Å²) in [7, 11) is 0. The monoisotopic (exact) mass is 365 g/mol. The predicted molar refractivity (Wildman–Crippen MR) is 101 cm³/mol. The van der Waals surface area contributed by atoms with E-state index >= 15 is 0 Å². The Morgan fingerprint density at radius 3 is 2.58 bits per heavy atom. The summed E-state index contributed by atoms with van der Waals surface area (Å²) >= 11 is 5.94. The number of benzene rings is 2. The van der Waals surface area contributed by atoms with E-state index in [1.165, 1.54) is 12.0 Å². The highest BCUT2D eigenvalue weighted by atomic mass is 35.5. The Morgan fingerprint density at radius 1 is 1.08 bits per heavy atom. The Morgan fingerprint density at radius 2 is 1.85 bits per heavy atom. The topological polar surface area (TPSA) is 51.0 Å². The Labute approximate surface area is 157 Å². The number of halogens is 1. The first-order valence-corrected chi connectivity index (χ1v) is 9.50. The third-order valence-electron chi connectivity index (χ3n) is 5.57. The minimum atomic E-state index is 0.0397. The first kappa shape index (κ1) is 16.0. The van der Waals surface area contributed by atoms with Crippen LogP contribution in [0.5, 0.6) is 0 Å². The lowest BCUT2D eigenvalue weighted by Crippen LogP contribution is -2.30. The van der Waals surface area contributed by atoms with E-state index < -0.39 is 0 Å². The molecule has 132 valence electrons. The lowest BCUT2D eigenvalue weighted by molar-refractivity contribution is 0.409.